The van der Waals surface area contributed by atoms with Gasteiger partial charge in [0.05, 0.1) is 0 Å². The molecular weight excluding hydrogens is 154 g/mol. The molecule has 0 atom stereocenters. The standard InChI is InChI=1S/C7H15NO2.C2H6/c1-7(9)8-5-3-4-6-10-2;1-2/h3-6H2,1-2H3,(H,8,9);1-2H3. The highest BCUT2D eigenvalue weighted by molar-refractivity contribution is 5.72. The minimum absolute atomic E-state index is 0.0393. The molecule has 0 saturated carbocycles. The van der Waals surface area contributed by atoms with Crippen molar-refractivity contribution < 1.29 is 9.53 Å². The summed E-state index contributed by atoms with van der Waals surface area (Å²) in [5.74, 6) is 0.0393. The molecule has 0 spiro atoms. The van der Waals surface area contributed by atoms with Gasteiger partial charge in [-0.15, -0.1) is 0 Å². The molecule has 0 heterocycles. The monoisotopic (exact) mass is 175 g/mol. The number of carbonyl (C=O) groups excluding carboxylic acids is 1. The molecule has 0 saturated heterocycles. The molecule has 0 radical (unpaired) electrons. The van der Waals surface area contributed by atoms with Gasteiger partial charge in [-0.05, 0) is 12.8 Å². The molecule has 0 aromatic heterocycles. The van der Waals surface area contributed by atoms with Crippen molar-refractivity contribution >= 4 is 5.91 Å². The summed E-state index contributed by atoms with van der Waals surface area (Å²) in [4.78, 5) is 10.3. The highest BCUT2D eigenvalue weighted by Crippen LogP contribution is 1.85. The Bertz CT molecular complexity index is 94.5. The van der Waals surface area contributed by atoms with Gasteiger partial charge < -0.3 is 10.1 Å². The first-order valence-corrected chi connectivity index (χ1v) is 4.50. The molecule has 0 rings (SSSR count). The highest BCUT2D eigenvalue weighted by Gasteiger charge is 1.89. The van der Waals surface area contributed by atoms with Crippen LogP contribution in [0, 0.1) is 0 Å². The van der Waals surface area contributed by atoms with E-state index in [4.69, 9.17) is 4.74 Å². The fourth-order valence-electron chi connectivity index (χ4n) is 0.636. The number of hydrogen-bond acceptors (Lipinski definition) is 2. The molecular formula is C9H21NO2. The van der Waals surface area contributed by atoms with E-state index in [9.17, 15) is 4.79 Å². The van der Waals surface area contributed by atoms with E-state index in [1.807, 2.05) is 13.8 Å². The van der Waals surface area contributed by atoms with Crippen LogP contribution >= 0.6 is 0 Å². The zero-order valence-corrected chi connectivity index (χ0v) is 8.64. The zero-order chi connectivity index (χ0) is 9.82. The Labute approximate surface area is 75.5 Å². The molecule has 0 aromatic rings. The number of methoxy groups -OCH3 is 1. The Morgan fingerprint density at radius 1 is 1.33 bits per heavy atom. The number of unbranched alkanes of at least 4 members (excludes halogenated alkanes) is 1. The van der Waals surface area contributed by atoms with Crippen molar-refractivity contribution in [3.8, 4) is 0 Å². The quantitative estimate of drug-likeness (QED) is 0.644. The summed E-state index contributed by atoms with van der Waals surface area (Å²) in [6.45, 7) is 7.06. The summed E-state index contributed by atoms with van der Waals surface area (Å²) in [5.41, 5.74) is 0. The summed E-state index contributed by atoms with van der Waals surface area (Å²) >= 11 is 0. The van der Waals surface area contributed by atoms with Crippen molar-refractivity contribution in [2.45, 2.75) is 33.6 Å². The first-order chi connectivity index (χ1) is 5.77. The van der Waals surface area contributed by atoms with E-state index in [2.05, 4.69) is 5.32 Å². The molecule has 74 valence electrons. The molecule has 0 fully saturated rings. The summed E-state index contributed by atoms with van der Waals surface area (Å²) in [6.07, 6.45) is 2.00. The highest BCUT2D eigenvalue weighted by atomic mass is 16.5. The van der Waals surface area contributed by atoms with E-state index in [0.29, 0.717) is 0 Å². The van der Waals surface area contributed by atoms with Gasteiger partial charge in [0.15, 0.2) is 0 Å². The second-order valence-electron chi connectivity index (χ2n) is 2.18. The number of amides is 1. The second-order valence-corrected chi connectivity index (χ2v) is 2.18. The first-order valence-electron chi connectivity index (χ1n) is 4.50. The van der Waals surface area contributed by atoms with Gasteiger partial charge in [-0.1, -0.05) is 13.8 Å². The second kappa shape index (κ2) is 13.1. The summed E-state index contributed by atoms with van der Waals surface area (Å²) in [7, 11) is 1.68. The van der Waals surface area contributed by atoms with Gasteiger partial charge in [-0.25, -0.2) is 0 Å². The number of ether oxygens (including phenoxy) is 1. The van der Waals surface area contributed by atoms with Crippen LogP contribution in [0.4, 0.5) is 0 Å². The van der Waals surface area contributed by atoms with Gasteiger partial charge >= 0.3 is 0 Å². The smallest absolute Gasteiger partial charge is 0.216 e. The Kier molecular flexibility index (Phi) is 15.2. The van der Waals surface area contributed by atoms with Crippen molar-refractivity contribution in [2.75, 3.05) is 20.3 Å². The van der Waals surface area contributed by atoms with Crippen molar-refractivity contribution in [3.05, 3.63) is 0 Å². The predicted molar refractivity (Wildman–Crippen MR) is 51.1 cm³/mol. The lowest BCUT2D eigenvalue weighted by Crippen LogP contribution is -2.20. The maximum atomic E-state index is 10.3. The maximum absolute atomic E-state index is 10.3. The molecule has 1 N–H and O–H groups in total. The topological polar surface area (TPSA) is 38.3 Å². The summed E-state index contributed by atoms with van der Waals surface area (Å²) < 4.78 is 4.84. The minimum Gasteiger partial charge on any atom is -0.385 e. The van der Waals surface area contributed by atoms with Crippen LogP contribution in [0.5, 0.6) is 0 Å². The molecule has 0 aliphatic rings. The third kappa shape index (κ3) is 16.2. The Hall–Kier alpha value is -0.570. The normalized spacial score (nSPS) is 8.33. The summed E-state index contributed by atoms with van der Waals surface area (Å²) in [6, 6.07) is 0. The minimum atomic E-state index is 0.0393. The van der Waals surface area contributed by atoms with Crippen LogP contribution < -0.4 is 5.32 Å². The van der Waals surface area contributed by atoms with Gasteiger partial charge in [0.1, 0.15) is 0 Å². The number of hydrogen-bond donors (Lipinski definition) is 1. The maximum Gasteiger partial charge on any atom is 0.216 e. The number of nitrogens with one attached hydrogen (secondary N) is 1. The fourth-order valence-corrected chi connectivity index (χ4v) is 0.636. The van der Waals surface area contributed by atoms with Crippen molar-refractivity contribution in [1.29, 1.82) is 0 Å². The molecule has 0 unspecified atom stereocenters. The van der Waals surface area contributed by atoms with Crippen LogP contribution in [-0.2, 0) is 9.53 Å². The lowest BCUT2D eigenvalue weighted by Gasteiger charge is -2.00. The van der Waals surface area contributed by atoms with E-state index in [-0.39, 0.29) is 5.91 Å². The molecule has 3 heteroatoms. The van der Waals surface area contributed by atoms with Gasteiger partial charge in [0.2, 0.25) is 5.91 Å². The summed E-state index contributed by atoms with van der Waals surface area (Å²) in [5, 5.41) is 2.71. The van der Waals surface area contributed by atoms with E-state index < -0.39 is 0 Å². The molecule has 0 bridgehead atoms. The van der Waals surface area contributed by atoms with Crippen LogP contribution in [0.15, 0.2) is 0 Å². The van der Waals surface area contributed by atoms with Crippen LogP contribution in [0.1, 0.15) is 33.6 Å². The molecule has 3 nitrogen and oxygen atoms in total. The van der Waals surface area contributed by atoms with Gasteiger partial charge in [-0.3, -0.25) is 4.79 Å². The van der Waals surface area contributed by atoms with Crippen LogP contribution in [0.25, 0.3) is 0 Å². The molecule has 0 aromatic carbocycles. The zero-order valence-electron chi connectivity index (χ0n) is 8.64. The first kappa shape index (κ1) is 14.0. The SMILES string of the molecule is CC.COCCCCNC(C)=O. The predicted octanol–water partition coefficient (Wildman–Crippen LogP) is 1.58. The lowest BCUT2D eigenvalue weighted by molar-refractivity contribution is -0.118. The van der Waals surface area contributed by atoms with Gasteiger partial charge in [0.25, 0.3) is 0 Å². The van der Waals surface area contributed by atoms with E-state index in [1.54, 1.807) is 7.11 Å². The van der Waals surface area contributed by atoms with Crippen LogP contribution in [0.2, 0.25) is 0 Å². The Morgan fingerprint density at radius 2 is 1.92 bits per heavy atom. The van der Waals surface area contributed by atoms with Crippen LogP contribution in [-0.4, -0.2) is 26.2 Å². The largest absolute Gasteiger partial charge is 0.385 e. The van der Waals surface area contributed by atoms with Crippen molar-refractivity contribution in [2.24, 2.45) is 0 Å². The Balaban J connectivity index is 0. The average Bonchev–Trinajstić information content (AvgIpc) is 2.07. The number of rotatable bonds is 5. The van der Waals surface area contributed by atoms with Crippen LogP contribution in [0.3, 0.4) is 0 Å². The third-order valence-electron chi connectivity index (χ3n) is 1.15. The van der Waals surface area contributed by atoms with Gasteiger partial charge in [-0.2, -0.15) is 0 Å². The van der Waals surface area contributed by atoms with Crippen molar-refractivity contribution in [1.82, 2.24) is 5.32 Å². The Morgan fingerprint density at radius 3 is 2.33 bits per heavy atom. The fraction of sp³-hybridized carbons (Fsp3) is 0.889. The van der Waals surface area contributed by atoms with E-state index in [1.165, 1.54) is 6.92 Å². The van der Waals surface area contributed by atoms with E-state index in [0.717, 1.165) is 26.0 Å². The lowest BCUT2D eigenvalue weighted by atomic mass is 10.3. The number of carbonyl (C=O) groups is 1. The van der Waals surface area contributed by atoms with E-state index >= 15 is 0 Å². The average molecular weight is 175 g/mol. The molecule has 0 aliphatic carbocycles. The molecule has 1 amide bonds. The molecule has 12 heavy (non-hydrogen) atoms. The molecule has 0 aliphatic heterocycles. The third-order valence-corrected chi connectivity index (χ3v) is 1.15. The van der Waals surface area contributed by atoms with Crippen molar-refractivity contribution in [3.63, 3.8) is 0 Å². The van der Waals surface area contributed by atoms with Gasteiger partial charge in [0, 0.05) is 27.2 Å².